The predicted octanol–water partition coefficient (Wildman–Crippen LogP) is 3.83. The van der Waals surface area contributed by atoms with Gasteiger partial charge in [-0.25, -0.2) is 0 Å². The number of amides is 1. The Morgan fingerprint density at radius 2 is 1.93 bits per heavy atom. The van der Waals surface area contributed by atoms with Crippen molar-refractivity contribution in [3.8, 4) is 0 Å². The standard InChI is InChI=1S/C23H37N5O.HI/c1-18-10-14-28(15-11-18)13-5-12-25-23(24-2)26-17-19-6-3-9-21(16-19)27-22(29)20-7-4-8-20;/h3,6,9,16,18,20H,4-5,7-8,10-15,17H2,1-2H3,(H,27,29)(H2,24,25,26);1H. The Hall–Kier alpha value is -1.35. The summed E-state index contributed by atoms with van der Waals surface area (Å²) in [4.78, 5) is 19.0. The van der Waals surface area contributed by atoms with E-state index in [1.54, 1.807) is 7.05 Å². The zero-order valence-corrected chi connectivity index (χ0v) is 20.8. The molecule has 0 unspecified atom stereocenters. The zero-order valence-electron chi connectivity index (χ0n) is 18.5. The van der Waals surface area contributed by atoms with E-state index in [1.165, 1.54) is 32.4 Å². The van der Waals surface area contributed by atoms with Crippen LogP contribution in [0, 0.1) is 11.8 Å². The largest absolute Gasteiger partial charge is 0.356 e. The second-order valence-corrected chi connectivity index (χ2v) is 8.55. The number of anilines is 1. The van der Waals surface area contributed by atoms with E-state index in [9.17, 15) is 4.79 Å². The lowest BCUT2D eigenvalue weighted by Gasteiger charge is -2.30. The molecule has 1 saturated heterocycles. The van der Waals surface area contributed by atoms with Gasteiger partial charge in [-0.05, 0) is 75.4 Å². The van der Waals surface area contributed by atoms with Crippen LogP contribution in [0.4, 0.5) is 5.69 Å². The molecule has 7 heteroatoms. The first-order chi connectivity index (χ1) is 14.1. The lowest BCUT2D eigenvalue weighted by Crippen LogP contribution is -2.39. The molecule has 1 aliphatic heterocycles. The Labute approximate surface area is 198 Å². The van der Waals surface area contributed by atoms with Gasteiger partial charge in [-0.15, -0.1) is 24.0 Å². The van der Waals surface area contributed by atoms with Gasteiger partial charge in [0.15, 0.2) is 5.96 Å². The number of guanidine groups is 1. The molecule has 1 aromatic rings. The van der Waals surface area contributed by atoms with Gasteiger partial charge < -0.3 is 20.9 Å². The van der Waals surface area contributed by atoms with Crippen LogP contribution in [0.15, 0.2) is 29.3 Å². The smallest absolute Gasteiger partial charge is 0.227 e. The highest BCUT2D eigenvalue weighted by Gasteiger charge is 2.25. The van der Waals surface area contributed by atoms with Crippen molar-refractivity contribution in [1.29, 1.82) is 0 Å². The summed E-state index contributed by atoms with van der Waals surface area (Å²) < 4.78 is 0. The molecule has 1 aromatic carbocycles. The first-order valence-electron chi connectivity index (χ1n) is 11.2. The number of benzene rings is 1. The summed E-state index contributed by atoms with van der Waals surface area (Å²) in [5.74, 6) is 2.06. The summed E-state index contributed by atoms with van der Waals surface area (Å²) in [6, 6.07) is 8.04. The van der Waals surface area contributed by atoms with E-state index in [1.807, 2.05) is 18.2 Å². The van der Waals surface area contributed by atoms with Crippen LogP contribution in [0.1, 0.15) is 51.0 Å². The number of nitrogens with one attached hydrogen (secondary N) is 3. The lowest BCUT2D eigenvalue weighted by atomic mass is 9.85. The normalized spacial score (nSPS) is 18.3. The van der Waals surface area contributed by atoms with Crippen molar-refractivity contribution in [2.75, 3.05) is 38.5 Å². The van der Waals surface area contributed by atoms with Crippen LogP contribution in [0.3, 0.4) is 0 Å². The first-order valence-corrected chi connectivity index (χ1v) is 11.2. The highest BCUT2D eigenvalue weighted by Crippen LogP contribution is 2.27. The van der Waals surface area contributed by atoms with Crippen LogP contribution in [-0.2, 0) is 11.3 Å². The van der Waals surface area contributed by atoms with E-state index in [0.29, 0.717) is 6.54 Å². The summed E-state index contributed by atoms with van der Waals surface area (Å²) in [5, 5.41) is 9.82. The van der Waals surface area contributed by atoms with Crippen molar-refractivity contribution in [2.24, 2.45) is 16.8 Å². The van der Waals surface area contributed by atoms with Crippen molar-refractivity contribution in [1.82, 2.24) is 15.5 Å². The molecule has 1 heterocycles. The van der Waals surface area contributed by atoms with Crippen LogP contribution >= 0.6 is 24.0 Å². The van der Waals surface area contributed by atoms with Gasteiger partial charge in [-0.1, -0.05) is 25.5 Å². The molecule has 0 radical (unpaired) electrons. The number of hydrogen-bond donors (Lipinski definition) is 3. The third-order valence-corrected chi connectivity index (χ3v) is 6.17. The zero-order chi connectivity index (χ0) is 20.5. The minimum atomic E-state index is 0. The molecule has 2 fully saturated rings. The third-order valence-electron chi connectivity index (χ3n) is 6.17. The van der Waals surface area contributed by atoms with Gasteiger partial charge in [0.05, 0.1) is 0 Å². The summed E-state index contributed by atoms with van der Waals surface area (Å²) in [5.41, 5.74) is 2.00. The molecular weight excluding hydrogens is 489 g/mol. The summed E-state index contributed by atoms with van der Waals surface area (Å²) in [7, 11) is 1.80. The van der Waals surface area contributed by atoms with E-state index < -0.39 is 0 Å². The van der Waals surface area contributed by atoms with Crippen LogP contribution in [0.5, 0.6) is 0 Å². The molecule has 1 amide bonds. The van der Waals surface area contributed by atoms with Gasteiger partial charge >= 0.3 is 0 Å². The van der Waals surface area contributed by atoms with Gasteiger partial charge in [-0.2, -0.15) is 0 Å². The predicted molar refractivity (Wildman–Crippen MR) is 135 cm³/mol. The van der Waals surface area contributed by atoms with Gasteiger partial charge in [0, 0.05) is 31.7 Å². The Morgan fingerprint density at radius 1 is 1.17 bits per heavy atom. The minimum absolute atomic E-state index is 0. The van der Waals surface area contributed by atoms with Crippen molar-refractivity contribution >= 4 is 41.5 Å². The van der Waals surface area contributed by atoms with Crippen LogP contribution in [-0.4, -0.2) is 50.0 Å². The molecule has 3 N–H and O–H groups in total. The van der Waals surface area contributed by atoms with Crippen molar-refractivity contribution in [3.05, 3.63) is 29.8 Å². The monoisotopic (exact) mass is 527 g/mol. The average molecular weight is 527 g/mol. The van der Waals surface area contributed by atoms with Gasteiger partial charge in [0.2, 0.25) is 5.91 Å². The minimum Gasteiger partial charge on any atom is -0.356 e. The van der Waals surface area contributed by atoms with E-state index in [0.717, 1.165) is 55.5 Å². The molecule has 1 aliphatic carbocycles. The number of likely N-dealkylation sites (tertiary alicyclic amines) is 1. The number of halogens is 1. The molecule has 3 rings (SSSR count). The number of rotatable bonds is 8. The maximum absolute atomic E-state index is 12.1. The molecule has 0 bridgehead atoms. The number of nitrogens with zero attached hydrogens (tertiary/aromatic N) is 2. The highest BCUT2D eigenvalue weighted by molar-refractivity contribution is 14.0. The molecular formula is C23H38IN5O. The Morgan fingerprint density at radius 3 is 2.60 bits per heavy atom. The van der Waals surface area contributed by atoms with E-state index in [-0.39, 0.29) is 35.8 Å². The fourth-order valence-corrected chi connectivity index (χ4v) is 3.88. The van der Waals surface area contributed by atoms with Crippen molar-refractivity contribution in [3.63, 3.8) is 0 Å². The number of hydrogen-bond acceptors (Lipinski definition) is 3. The molecule has 0 spiro atoms. The average Bonchev–Trinajstić information content (AvgIpc) is 2.67. The lowest BCUT2D eigenvalue weighted by molar-refractivity contribution is -0.122. The summed E-state index contributed by atoms with van der Waals surface area (Å²) in [6.07, 6.45) is 6.99. The molecule has 6 nitrogen and oxygen atoms in total. The Kier molecular flexibility index (Phi) is 10.9. The van der Waals surface area contributed by atoms with Crippen LogP contribution < -0.4 is 16.0 Å². The fourth-order valence-electron chi connectivity index (χ4n) is 3.88. The van der Waals surface area contributed by atoms with Gasteiger partial charge in [0.25, 0.3) is 0 Å². The molecule has 1 saturated carbocycles. The summed E-state index contributed by atoms with van der Waals surface area (Å²) >= 11 is 0. The van der Waals surface area contributed by atoms with E-state index in [4.69, 9.17) is 0 Å². The van der Waals surface area contributed by atoms with E-state index in [2.05, 4.69) is 38.8 Å². The maximum atomic E-state index is 12.1. The van der Waals surface area contributed by atoms with Crippen LogP contribution in [0.25, 0.3) is 0 Å². The van der Waals surface area contributed by atoms with Crippen molar-refractivity contribution < 1.29 is 4.79 Å². The van der Waals surface area contributed by atoms with Crippen LogP contribution in [0.2, 0.25) is 0 Å². The first kappa shape index (κ1) is 24.9. The van der Waals surface area contributed by atoms with Gasteiger partial charge in [0.1, 0.15) is 0 Å². The molecule has 168 valence electrons. The van der Waals surface area contributed by atoms with Gasteiger partial charge in [-0.3, -0.25) is 9.79 Å². The second-order valence-electron chi connectivity index (χ2n) is 8.55. The molecule has 30 heavy (non-hydrogen) atoms. The Bertz CT molecular complexity index is 684. The SMILES string of the molecule is CN=C(NCCCN1CCC(C)CC1)NCc1cccc(NC(=O)C2CCC2)c1.I. The number of carbonyl (C=O) groups excluding carboxylic acids is 1. The quantitative estimate of drug-likeness (QED) is 0.208. The number of carbonyl (C=O) groups is 1. The highest BCUT2D eigenvalue weighted by atomic mass is 127. The molecule has 0 atom stereocenters. The number of aliphatic imine (C=N–C) groups is 1. The number of piperidine rings is 1. The second kappa shape index (κ2) is 13.1. The topological polar surface area (TPSA) is 68.8 Å². The molecule has 0 aromatic heterocycles. The third kappa shape index (κ3) is 8.06. The van der Waals surface area contributed by atoms with Crippen molar-refractivity contribution in [2.45, 2.75) is 52.0 Å². The summed E-state index contributed by atoms with van der Waals surface area (Å²) in [6.45, 7) is 7.58. The fraction of sp³-hybridized carbons (Fsp3) is 0.652. The maximum Gasteiger partial charge on any atom is 0.227 e. The molecule has 2 aliphatic rings. The Balaban J connectivity index is 0.00000320. The van der Waals surface area contributed by atoms with E-state index >= 15 is 0 Å².